The van der Waals surface area contributed by atoms with E-state index in [2.05, 4.69) is 5.10 Å². The Morgan fingerprint density at radius 3 is 2.64 bits per heavy atom. The molecule has 0 N–H and O–H groups in total. The van der Waals surface area contributed by atoms with Crippen LogP contribution in [0.5, 0.6) is 5.75 Å². The monoisotopic (exact) mass is 355 g/mol. The molecule has 0 atom stereocenters. The molecule has 1 amide bonds. The van der Waals surface area contributed by atoms with E-state index in [1.807, 2.05) is 48.7 Å². The molecule has 0 fully saturated rings. The number of rotatable bonds is 6. The lowest BCUT2D eigenvalue weighted by Gasteiger charge is -2.16. The summed E-state index contributed by atoms with van der Waals surface area (Å²) in [7, 11) is 1.73. The van der Waals surface area contributed by atoms with Gasteiger partial charge in [-0.25, -0.2) is 4.68 Å². The van der Waals surface area contributed by atoms with E-state index in [0.717, 1.165) is 11.3 Å². The molecule has 5 nitrogen and oxygen atoms in total. The molecule has 1 aromatic heterocycles. The Balaban J connectivity index is 1.57. The van der Waals surface area contributed by atoms with Crippen LogP contribution in [0.3, 0.4) is 0 Å². The number of hydrogen-bond donors (Lipinski definition) is 0. The van der Waals surface area contributed by atoms with Gasteiger partial charge >= 0.3 is 0 Å². The van der Waals surface area contributed by atoms with E-state index in [1.54, 1.807) is 35.0 Å². The summed E-state index contributed by atoms with van der Waals surface area (Å²) >= 11 is 6.02. The normalized spacial score (nSPS) is 10.5. The van der Waals surface area contributed by atoms with Gasteiger partial charge in [0.1, 0.15) is 5.75 Å². The summed E-state index contributed by atoms with van der Waals surface area (Å²) < 4.78 is 7.27. The predicted octanol–water partition coefficient (Wildman–Crippen LogP) is 3.56. The van der Waals surface area contributed by atoms with Crippen molar-refractivity contribution >= 4 is 17.5 Å². The first-order valence-corrected chi connectivity index (χ1v) is 8.21. The van der Waals surface area contributed by atoms with Gasteiger partial charge in [-0.15, -0.1) is 0 Å². The molecule has 0 saturated heterocycles. The standard InChI is InChI=1S/C19H18ClN3O2/c1-22(19(24)14-25-18-10-6-5-9-17(18)20)12-15-11-21-23(13-15)16-7-3-2-4-8-16/h2-11,13H,12,14H2,1H3. The zero-order valence-corrected chi connectivity index (χ0v) is 14.6. The maximum atomic E-state index is 12.2. The minimum atomic E-state index is -0.132. The van der Waals surface area contributed by atoms with Gasteiger partial charge in [0.15, 0.2) is 6.61 Å². The molecular weight excluding hydrogens is 338 g/mol. The molecule has 6 heteroatoms. The van der Waals surface area contributed by atoms with Crippen LogP contribution in [-0.4, -0.2) is 34.2 Å². The summed E-state index contributed by atoms with van der Waals surface area (Å²) in [5, 5.41) is 4.82. The Morgan fingerprint density at radius 2 is 1.88 bits per heavy atom. The van der Waals surface area contributed by atoms with Crippen molar-refractivity contribution in [3.8, 4) is 11.4 Å². The number of aromatic nitrogens is 2. The van der Waals surface area contributed by atoms with E-state index in [9.17, 15) is 4.79 Å². The maximum Gasteiger partial charge on any atom is 0.260 e. The molecule has 0 saturated carbocycles. The summed E-state index contributed by atoms with van der Waals surface area (Å²) in [4.78, 5) is 13.8. The highest BCUT2D eigenvalue weighted by Crippen LogP contribution is 2.23. The first-order chi connectivity index (χ1) is 12.1. The second-order valence-corrected chi connectivity index (χ2v) is 6.00. The van der Waals surface area contributed by atoms with E-state index in [-0.39, 0.29) is 12.5 Å². The number of ether oxygens (including phenoxy) is 1. The lowest BCUT2D eigenvalue weighted by molar-refractivity contribution is -0.132. The van der Waals surface area contributed by atoms with E-state index in [4.69, 9.17) is 16.3 Å². The van der Waals surface area contributed by atoms with Crippen molar-refractivity contribution in [3.05, 3.63) is 77.6 Å². The lowest BCUT2D eigenvalue weighted by Crippen LogP contribution is -2.30. The van der Waals surface area contributed by atoms with Gasteiger partial charge in [0.25, 0.3) is 5.91 Å². The molecule has 0 radical (unpaired) electrons. The van der Waals surface area contributed by atoms with Crippen molar-refractivity contribution in [1.29, 1.82) is 0 Å². The summed E-state index contributed by atoms with van der Waals surface area (Å²) in [6.45, 7) is 0.393. The number of carbonyl (C=O) groups is 1. The third kappa shape index (κ3) is 4.39. The third-order valence-corrected chi connectivity index (χ3v) is 4.00. The van der Waals surface area contributed by atoms with E-state index in [0.29, 0.717) is 17.3 Å². The Hall–Kier alpha value is -2.79. The second-order valence-electron chi connectivity index (χ2n) is 5.60. The van der Waals surface area contributed by atoms with Crippen molar-refractivity contribution < 1.29 is 9.53 Å². The van der Waals surface area contributed by atoms with Gasteiger partial charge in [0, 0.05) is 25.4 Å². The molecule has 0 spiro atoms. The average Bonchev–Trinajstić information content (AvgIpc) is 3.10. The van der Waals surface area contributed by atoms with Crippen LogP contribution in [0.2, 0.25) is 5.02 Å². The summed E-state index contributed by atoms with van der Waals surface area (Å²) in [5.41, 5.74) is 1.92. The van der Waals surface area contributed by atoms with Crippen LogP contribution in [0.25, 0.3) is 5.69 Å². The number of likely N-dealkylation sites (N-methyl/N-ethyl adjacent to an activating group) is 1. The second kappa shape index (κ2) is 7.85. The zero-order valence-electron chi connectivity index (χ0n) is 13.8. The average molecular weight is 356 g/mol. The number of carbonyl (C=O) groups excluding carboxylic acids is 1. The zero-order chi connectivity index (χ0) is 17.6. The van der Waals surface area contributed by atoms with Gasteiger partial charge in [-0.2, -0.15) is 5.10 Å². The van der Waals surface area contributed by atoms with Gasteiger partial charge < -0.3 is 9.64 Å². The summed E-state index contributed by atoms with van der Waals surface area (Å²) in [5.74, 6) is 0.371. The molecule has 128 valence electrons. The molecule has 25 heavy (non-hydrogen) atoms. The van der Waals surface area contributed by atoms with Crippen molar-refractivity contribution in [1.82, 2.24) is 14.7 Å². The van der Waals surface area contributed by atoms with Crippen LogP contribution < -0.4 is 4.74 Å². The van der Waals surface area contributed by atoms with Crippen LogP contribution in [-0.2, 0) is 11.3 Å². The van der Waals surface area contributed by atoms with Crippen molar-refractivity contribution in [2.75, 3.05) is 13.7 Å². The topological polar surface area (TPSA) is 47.4 Å². The molecular formula is C19H18ClN3O2. The number of nitrogens with zero attached hydrogens (tertiary/aromatic N) is 3. The van der Waals surface area contributed by atoms with E-state index < -0.39 is 0 Å². The molecule has 2 aromatic carbocycles. The van der Waals surface area contributed by atoms with Crippen LogP contribution >= 0.6 is 11.6 Å². The fourth-order valence-corrected chi connectivity index (χ4v) is 2.53. The van der Waals surface area contributed by atoms with E-state index >= 15 is 0 Å². The highest BCUT2D eigenvalue weighted by molar-refractivity contribution is 6.32. The molecule has 3 rings (SSSR count). The van der Waals surface area contributed by atoms with Gasteiger partial charge in [-0.05, 0) is 24.3 Å². The Bertz CT molecular complexity index is 849. The molecule has 0 unspecified atom stereocenters. The molecule has 0 aliphatic carbocycles. The molecule has 3 aromatic rings. The summed E-state index contributed by atoms with van der Waals surface area (Å²) in [6.07, 6.45) is 3.67. The predicted molar refractivity (Wildman–Crippen MR) is 97.0 cm³/mol. The maximum absolute atomic E-state index is 12.2. The Labute approximate surface area is 151 Å². The number of para-hydroxylation sites is 2. The van der Waals surface area contributed by atoms with Crippen LogP contribution in [0.1, 0.15) is 5.56 Å². The van der Waals surface area contributed by atoms with Crippen LogP contribution in [0.4, 0.5) is 0 Å². The first-order valence-electron chi connectivity index (χ1n) is 7.84. The quantitative estimate of drug-likeness (QED) is 0.679. The molecule has 0 aliphatic rings. The van der Waals surface area contributed by atoms with Crippen molar-refractivity contribution in [3.63, 3.8) is 0 Å². The number of benzene rings is 2. The third-order valence-electron chi connectivity index (χ3n) is 3.69. The number of halogens is 1. The largest absolute Gasteiger partial charge is 0.482 e. The lowest BCUT2D eigenvalue weighted by atomic mass is 10.3. The van der Waals surface area contributed by atoms with Crippen molar-refractivity contribution in [2.24, 2.45) is 0 Å². The van der Waals surface area contributed by atoms with Gasteiger partial charge in [0.05, 0.1) is 16.9 Å². The molecule has 0 bridgehead atoms. The molecule has 1 heterocycles. The Morgan fingerprint density at radius 1 is 1.16 bits per heavy atom. The fourth-order valence-electron chi connectivity index (χ4n) is 2.34. The number of hydrogen-bond acceptors (Lipinski definition) is 3. The Kier molecular flexibility index (Phi) is 5.36. The number of amides is 1. The minimum absolute atomic E-state index is 0.0624. The van der Waals surface area contributed by atoms with Crippen molar-refractivity contribution in [2.45, 2.75) is 6.54 Å². The van der Waals surface area contributed by atoms with Crippen LogP contribution in [0.15, 0.2) is 67.0 Å². The van der Waals surface area contributed by atoms with Gasteiger partial charge in [-0.1, -0.05) is 41.9 Å². The van der Waals surface area contributed by atoms with Gasteiger partial charge in [0.2, 0.25) is 0 Å². The fraction of sp³-hybridized carbons (Fsp3) is 0.158. The minimum Gasteiger partial charge on any atom is -0.482 e. The van der Waals surface area contributed by atoms with E-state index in [1.165, 1.54) is 0 Å². The smallest absolute Gasteiger partial charge is 0.260 e. The SMILES string of the molecule is CN(Cc1cnn(-c2ccccc2)c1)C(=O)COc1ccccc1Cl. The summed E-state index contributed by atoms with van der Waals surface area (Å²) in [6, 6.07) is 16.9. The molecule has 0 aliphatic heterocycles. The highest BCUT2D eigenvalue weighted by Gasteiger charge is 2.12. The van der Waals surface area contributed by atoms with Crippen LogP contribution in [0, 0.1) is 0 Å². The van der Waals surface area contributed by atoms with Gasteiger partial charge in [-0.3, -0.25) is 4.79 Å². The highest BCUT2D eigenvalue weighted by atomic mass is 35.5. The first kappa shape index (κ1) is 17.0.